The van der Waals surface area contributed by atoms with Crippen LogP contribution in [0.15, 0.2) is 30.3 Å². The van der Waals surface area contributed by atoms with Crippen molar-refractivity contribution in [1.29, 1.82) is 0 Å². The highest BCUT2D eigenvalue weighted by atomic mass is 16.7. The maximum atomic E-state index is 13.1. The van der Waals surface area contributed by atoms with Gasteiger partial charge in [0.15, 0.2) is 11.5 Å². The zero-order chi connectivity index (χ0) is 20.6. The number of methoxy groups -OCH3 is 2. The number of likely N-dealkylation sites (N-methyl/N-ethyl adjacent to an activating group) is 1. The summed E-state index contributed by atoms with van der Waals surface area (Å²) >= 11 is 0. The van der Waals surface area contributed by atoms with Crippen LogP contribution in [0.2, 0.25) is 0 Å². The van der Waals surface area contributed by atoms with E-state index in [1.165, 1.54) is 5.56 Å². The molecule has 29 heavy (non-hydrogen) atoms. The van der Waals surface area contributed by atoms with Gasteiger partial charge in [-0.3, -0.25) is 4.79 Å². The second kappa shape index (κ2) is 7.59. The van der Waals surface area contributed by atoms with Gasteiger partial charge in [0.05, 0.1) is 46.8 Å². The average molecular weight is 398 g/mol. The SMILES string of the molecule is COc1ccccc1CC(=O)CC1c2c(cc3c(c2OC)OCO3)CC[N+]1(C)C. The molecule has 2 aliphatic rings. The molecule has 0 N–H and O–H groups in total. The van der Waals surface area contributed by atoms with Gasteiger partial charge in [0.2, 0.25) is 12.5 Å². The molecule has 1 atom stereocenters. The van der Waals surface area contributed by atoms with Gasteiger partial charge in [-0.25, -0.2) is 0 Å². The number of fused-ring (bicyclic) bond motifs is 2. The monoisotopic (exact) mass is 398 g/mol. The molecular formula is C23H28NO5+. The predicted molar refractivity (Wildman–Crippen MR) is 109 cm³/mol. The number of ether oxygens (including phenoxy) is 4. The van der Waals surface area contributed by atoms with E-state index < -0.39 is 0 Å². The number of carbonyl (C=O) groups is 1. The Kier molecular flexibility index (Phi) is 5.13. The minimum absolute atomic E-state index is 0.00888. The molecule has 0 saturated heterocycles. The summed E-state index contributed by atoms with van der Waals surface area (Å²) < 4.78 is 23.2. The number of hydrogen-bond acceptors (Lipinski definition) is 5. The zero-order valence-electron chi connectivity index (χ0n) is 17.5. The van der Waals surface area contributed by atoms with Crippen molar-refractivity contribution in [3.63, 3.8) is 0 Å². The van der Waals surface area contributed by atoms with Crippen LogP contribution in [-0.4, -0.2) is 51.9 Å². The van der Waals surface area contributed by atoms with E-state index in [0.29, 0.717) is 24.3 Å². The summed E-state index contributed by atoms with van der Waals surface area (Å²) in [6.45, 7) is 1.15. The van der Waals surface area contributed by atoms with Gasteiger partial charge in [0.1, 0.15) is 17.6 Å². The molecule has 2 heterocycles. The van der Waals surface area contributed by atoms with Crippen LogP contribution in [0.4, 0.5) is 0 Å². The highest BCUT2D eigenvalue weighted by Crippen LogP contribution is 2.51. The molecule has 0 saturated carbocycles. The normalized spacial score (nSPS) is 18.8. The van der Waals surface area contributed by atoms with E-state index in [0.717, 1.165) is 40.1 Å². The predicted octanol–water partition coefficient (Wildman–Crippen LogP) is 3.31. The van der Waals surface area contributed by atoms with E-state index in [9.17, 15) is 4.79 Å². The van der Waals surface area contributed by atoms with E-state index in [1.807, 2.05) is 24.3 Å². The molecular weight excluding hydrogens is 370 g/mol. The average Bonchev–Trinajstić information content (AvgIpc) is 3.17. The number of Topliss-reactive ketones (excluding diaryl/α,β-unsaturated/α-hetero) is 1. The first-order chi connectivity index (χ1) is 13.9. The molecule has 4 rings (SSSR count). The fourth-order valence-electron chi connectivity index (χ4n) is 4.46. The van der Waals surface area contributed by atoms with Crippen LogP contribution in [0.1, 0.15) is 29.2 Å². The lowest BCUT2D eigenvalue weighted by molar-refractivity contribution is -0.922. The Morgan fingerprint density at radius 3 is 2.72 bits per heavy atom. The Morgan fingerprint density at radius 1 is 1.17 bits per heavy atom. The third-order valence-electron chi connectivity index (χ3n) is 6.08. The molecule has 0 bridgehead atoms. The van der Waals surface area contributed by atoms with Crippen molar-refractivity contribution in [1.82, 2.24) is 0 Å². The van der Waals surface area contributed by atoms with Gasteiger partial charge in [-0.1, -0.05) is 18.2 Å². The summed E-state index contributed by atoms with van der Waals surface area (Å²) in [7, 11) is 7.64. The van der Waals surface area contributed by atoms with Crippen molar-refractivity contribution < 1.29 is 28.2 Å². The van der Waals surface area contributed by atoms with Crippen LogP contribution in [0, 0.1) is 0 Å². The van der Waals surface area contributed by atoms with Crippen molar-refractivity contribution >= 4 is 5.78 Å². The number of carbonyl (C=O) groups excluding carboxylic acids is 1. The third kappa shape index (κ3) is 3.53. The number of quaternary nitrogens is 1. The Bertz CT molecular complexity index is 937. The zero-order valence-corrected chi connectivity index (χ0v) is 17.5. The van der Waals surface area contributed by atoms with Crippen LogP contribution in [-0.2, 0) is 17.6 Å². The number of ketones is 1. The minimum Gasteiger partial charge on any atom is -0.496 e. The quantitative estimate of drug-likeness (QED) is 0.699. The molecule has 0 radical (unpaired) electrons. The van der Waals surface area contributed by atoms with E-state index in [4.69, 9.17) is 18.9 Å². The number of rotatable bonds is 6. The number of nitrogens with zero attached hydrogens (tertiary/aromatic N) is 1. The lowest BCUT2D eigenvalue weighted by atomic mass is 9.86. The molecule has 0 aliphatic carbocycles. The minimum atomic E-state index is -0.00888. The van der Waals surface area contributed by atoms with E-state index in [-0.39, 0.29) is 18.6 Å². The molecule has 2 aromatic rings. The van der Waals surface area contributed by atoms with Crippen LogP contribution < -0.4 is 18.9 Å². The van der Waals surface area contributed by atoms with Crippen molar-refractivity contribution in [3.8, 4) is 23.0 Å². The Morgan fingerprint density at radius 2 is 1.97 bits per heavy atom. The van der Waals surface area contributed by atoms with Crippen molar-refractivity contribution in [2.75, 3.05) is 41.7 Å². The van der Waals surface area contributed by atoms with Crippen molar-refractivity contribution in [2.24, 2.45) is 0 Å². The second-order valence-electron chi connectivity index (χ2n) is 8.22. The fraction of sp³-hybridized carbons (Fsp3) is 0.435. The topological polar surface area (TPSA) is 54.0 Å². The van der Waals surface area contributed by atoms with Gasteiger partial charge in [-0.2, -0.15) is 0 Å². The Hall–Kier alpha value is -2.73. The summed E-state index contributed by atoms with van der Waals surface area (Å²) in [6, 6.07) is 9.73. The highest BCUT2D eigenvalue weighted by Gasteiger charge is 2.42. The molecule has 0 aromatic heterocycles. The van der Waals surface area contributed by atoms with Gasteiger partial charge in [0.25, 0.3) is 0 Å². The van der Waals surface area contributed by atoms with Crippen molar-refractivity contribution in [3.05, 3.63) is 47.0 Å². The summed E-state index contributed by atoms with van der Waals surface area (Å²) in [5.74, 6) is 3.01. The summed E-state index contributed by atoms with van der Waals surface area (Å²) in [6.07, 6.45) is 1.68. The molecule has 6 heteroatoms. The molecule has 0 spiro atoms. The van der Waals surface area contributed by atoms with Crippen LogP contribution in [0.3, 0.4) is 0 Å². The van der Waals surface area contributed by atoms with Gasteiger partial charge >= 0.3 is 0 Å². The molecule has 2 aromatic carbocycles. The van der Waals surface area contributed by atoms with Gasteiger partial charge in [-0.15, -0.1) is 0 Å². The van der Waals surface area contributed by atoms with Crippen LogP contribution in [0.5, 0.6) is 23.0 Å². The first kappa shape index (κ1) is 19.6. The van der Waals surface area contributed by atoms with Gasteiger partial charge in [-0.05, 0) is 17.7 Å². The van der Waals surface area contributed by atoms with Crippen LogP contribution >= 0.6 is 0 Å². The maximum Gasteiger partial charge on any atom is 0.231 e. The number of hydrogen-bond donors (Lipinski definition) is 0. The second-order valence-corrected chi connectivity index (χ2v) is 8.22. The largest absolute Gasteiger partial charge is 0.496 e. The molecule has 6 nitrogen and oxygen atoms in total. The number of benzene rings is 2. The molecule has 1 unspecified atom stereocenters. The Labute approximate surface area is 171 Å². The maximum absolute atomic E-state index is 13.1. The molecule has 2 aliphatic heterocycles. The van der Waals surface area contributed by atoms with Crippen LogP contribution in [0.25, 0.3) is 0 Å². The van der Waals surface area contributed by atoms with Crippen molar-refractivity contribution in [2.45, 2.75) is 25.3 Å². The fourth-order valence-corrected chi connectivity index (χ4v) is 4.46. The first-order valence-electron chi connectivity index (χ1n) is 9.90. The number of para-hydroxylation sites is 1. The first-order valence-corrected chi connectivity index (χ1v) is 9.90. The van der Waals surface area contributed by atoms with Gasteiger partial charge in [0, 0.05) is 18.4 Å². The highest BCUT2D eigenvalue weighted by molar-refractivity contribution is 5.82. The summed E-state index contributed by atoms with van der Waals surface area (Å²) in [5, 5.41) is 0. The summed E-state index contributed by atoms with van der Waals surface area (Å²) in [4.78, 5) is 13.1. The van der Waals surface area contributed by atoms with Gasteiger partial charge < -0.3 is 23.4 Å². The lowest BCUT2D eigenvalue weighted by Crippen LogP contribution is -2.48. The third-order valence-corrected chi connectivity index (χ3v) is 6.08. The molecule has 0 amide bonds. The smallest absolute Gasteiger partial charge is 0.231 e. The lowest BCUT2D eigenvalue weighted by Gasteiger charge is -2.43. The Balaban J connectivity index is 1.67. The molecule has 154 valence electrons. The van der Waals surface area contributed by atoms with E-state index in [1.54, 1.807) is 14.2 Å². The van der Waals surface area contributed by atoms with E-state index >= 15 is 0 Å². The standard InChI is InChI=1S/C23H28NO5/c1-24(2)10-9-16-12-20-22(29-14-28-20)23(27-4)21(16)18(24)13-17(25)11-15-7-5-6-8-19(15)26-3/h5-8,12,18H,9-11,13-14H2,1-4H3/q+1. The summed E-state index contributed by atoms with van der Waals surface area (Å²) in [5.41, 5.74) is 3.17. The van der Waals surface area contributed by atoms with E-state index in [2.05, 4.69) is 20.2 Å². The molecule has 0 fully saturated rings.